The molecule has 2 amide bonds. The van der Waals surface area contributed by atoms with Crippen LogP contribution in [0.15, 0.2) is 66.9 Å². The van der Waals surface area contributed by atoms with Crippen LogP contribution in [0.3, 0.4) is 0 Å². The molecule has 4 rings (SSSR count). The van der Waals surface area contributed by atoms with Gasteiger partial charge in [0.25, 0.3) is 5.91 Å². The molecule has 0 aliphatic heterocycles. The fourth-order valence-electron chi connectivity index (χ4n) is 4.13. The molecule has 2 aromatic carbocycles. The van der Waals surface area contributed by atoms with E-state index in [0.29, 0.717) is 18.5 Å². The third-order valence-corrected chi connectivity index (χ3v) is 5.77. The number of anilines is 1. The zero-order valence-corrected chi connectivity index (χ0v) is 18.7. The minimum Gasteiger partial charge on any atom is -0.480 e. The van der Waals surface area contributed by atoms with Crippen molar-refractivity contribution >= 4 is 23.7 Å². The van der Waals surface area contributed by atoms with E-state index in [9.17, 15) is 19.5 Å². The highest BCUT2D eigenvalue weighted by Crippen LogP contribution is 2.44. The number of benzene rings is 2. The summed E-state index contributed by atoms with van der Waals surface area (Å²) in [5.41, 5.74) is 4.95. The number of fused-ring (bicyclic) bond motifs is 3. The Bertz CT molecular complexity index is 1160. The third kappa shape index (κ3) is 4.91. The molecule has 1 atom stereocenters. The second-order valence-electron chi connectivity index (χ2n) is 8.04. The van der Waals surface area contributed by atoms with Crippen molar-refractivity contribution in [3.8, 4) is 11.1 Å². The Kier molecular flexibility index (Phi) is 6.87. The average molecular weight is 460 g/mol. The van der Waals surface area contributed by atoms with Crippen molar-refractivity contribution in [1.82, 2.24) is 10.3 Å². The van der Waals surface area contributed by atoms with E-state index >= 15 is 0 Å². The Morgan fingerprint density at radius 2 is 1.65 bits per heavy atom. The van der Waals surface area contributed by atoms with E-state index in [1.807, 2.05) is 43.3 Å². The number of hydrogen-bond acceptors (Lipinski definition) is 5. The van der Waals surface area contributed by atoms with Gasteiger partial charge in [-0.1, -0.05) is 61.9 Å². The van der Waals surface area contributed by atoms with Crippen molar-refractivity contribution in [1.29, 1.82) is 0 Å². The second kappa shape index (κ2) is 10.2. The molecule has 1 aliphatic rings. The van der Waals surface area contributed by atoms with E-state index in [-0.39, 0.29) is 18.2 Å². The Hall–Kier alpha value is -4.20. The fourth-order valence-corrected chi connectivity index (χ4v) is 4.13. The smallest absolute Gasteiger partial charge is 0.411 e. The summed E-state index contributed by atoms with van der Waals surface area (Å²) in [6.45, 7) is 2.02. The predicted molar refractivity (Wildman–Crippen MR) is 127 cm³/mol. The largest absolute Gasteiger partial charge is 0.480 e. The first-order chi connectivity index (χ1) is 16.5. The van der Waals surface area contributed by atoms with Gasteiger partial charge < -0.3 is 15.2 Å². The molecule has 1 aromatic heterocycles. The van der Waals surface area contributed by atoms with Gasteiger partial charge in [-0.05, 0) is 40.8 Å². The number of carbonyl (C=O) groups is 3. The highest BCUT2D eigenvalue weighted by atomic mass is 16.5. The summed E-state index contributed by atoms with van der Waals surface area (Å²) < 4.78 is 5.50. The molecule has 8 heteroatoms. The molecule has 174 valence electrons. The molecule has 0 spiro atoms. The lowest BCUT2D eigenvalue weighted by Gasteiger charge is -2.15. The van der Waals surface area contributed by atoms with Crippen LogP contribution in [0.25, 0.3) is 11.1 Å². The fraction of sp³-hybridized carbons (Fsp3) is 0.231. The molecule has 34 heavy (non-hydrogen) atoms. The van der Waals surface area contributed by atoms with Crippen LogP contribution in [0.4, 0.5) is 10.5 Å². The molecule has 0 saturated carbocycles. The summed E-state index contributed by atoms with van der Waals surface area (Å²) in [7, 11) is 0. The normalized spacial score (nSPS) is 12.9. The predicted octanol–water partition coefficient (Wildman–Crippen LogP) is 4.43. The Balaban J connectivity index is 1.35. The maximum Gasteiger partial charge on any atom is 0.411 e. The van der Waals surface area contributed by atoms with Gasteiger partial charge in [-0.25, -0.2) is 14.6 Å². The van der Waals surface area contributed by atoms with Gasteiger partial charge >= 0.3 is 12.1 Å². The van der Waals surface area contributed by atoms with Crippen molar-refractivity contribution in [2.75, 3.05) is 11.9 Å². The number of amides is 2. The Morgan fingerprint density at radius 1 is 1.00 bits per heavy atom. The molecule has 0 unspecified atom stereocenters. The van der Waals surface area contributed by atoms with Gasteiger partial charge in [-0.2, -0.15) is 0 Å². The van der Waals surface area contributed by atoms with E-state index in [0.717, 1.165) is 22.3 Å². The zero-order valence-electron chi connectivity index (χ0n) is 18.7. The third-order valence-electron chi connectivity index (χ3n) is 5.77. The van der Waals surface area contributed by atoms with Crippen LogP contribution < -0.4 is 10.6 Å². The number of hydrogen-bond donors (Lipinski definition) is 3. The molecule has 1 aliphatic carbocycles. The van der Waals surface area contributed by atoms with Crippen molar-refractivity contribution in [3.63, 3.8) is 0 Å². The summed E-state index contributed by atoms with van der Waals surface area (Å²) in [5, 5.41) is 14.2. The van der Waals surface area contributed by atoms with Crippen molar-refractivity contribution in [2.24, 2.45) is 0 Å². The molecule has 3 N–H and O–H groups in total. The summed E-state index contributed by atoms with van der Waals surface area (Å²) in [6.07, 6.45) is 1.64. The van der Waals surface area contributed by atoms with Gasteiger partial charge in [0.2, 0.25) is 0 Å². The Labute approximate surface area is 197 Å². The summed E-state index contributed by atoms with van der Waals surface area (Å²) in [5.74, 6) is -1.73. The number of carboxylic acid groups (broad SMARTS) is 1. The van der Waals surface area contributed by atoms with E-state index < -0.39 is 24.0 Å². The van der Waals surface area contributed by atoms with Crippen LogP contribution in [0, 0.1) is 0 Å². The lowest BCUT2D eigenvalue weighted by atomic mass is 9.98. The summed E-state index contributed by atoms with van der Waals surface area (Å²) in [4.78, 5) is 39.9. The first kappa shape index (κ1) is 23.0. The van der Waals surface area contributed by atoms with Crippen LogP contribution in [-0.4, -0.2) is 40.7 Å². The summed E-state index contributed by atoms with van der Waals surface area (Å²) >= 11 is 0. The van der Waals surface area contributed by atoms with Crippen LogP contribution >= 0.6 is 0 Å². The number of nitrogens with one attached hydrogen (secondary N) is 2. The van der Waals surface area contributed by atoms with Crippen LogP contribution in [0.2, 0.25) is 0 Å². The van der Waals surface area contributed by atoms with Gasteiger partial charge in [-0.15, -0.1) is 0 Å². The molecule has 0 radical (unpaired) electrons. The number of pyridine rings is 1. The van der Waals surface area contributed by atoms with Gasteiger partial charge in [0.1, 0.15) is 18.3 Å². The van der Waals surface area contributed by atoms with Gasteiger partial charge in [0, 0.05) is 5.92 Å². The molecular weight excluding hydrogens is 434 g/mol. The molecule has 1 heterocycles. The van der Waals surface area contributed by atoms with Crippen LogP contribution in [0.5, 0.6) is 0 Å². The number of aliphatic carboxylic acids is 1. The lowest BCUT2D eigenvalue weighted by molar-refractivity contribution is -0.139. The molecule has 3 aromatic rings. The highest BCUT2D eigenvalue weighted by Gasteiger charge is 2.29. The number of aromatic nitrogens is 1. The molecular formula is C26H25N3O5. The average Bonchev–Trinajstić information content (AvgIpc) is 3.16. The maximum atomic E-state index is 12.4. The van der Waals surface area contributed by atoms with Gasteiger partial charge in [-0.3, -0.25) is 10.1 Å². The zero-order chi connectivity index (χ0) is 24.1. The quantitative estimate of drug-likeness (QED) is 0.459. The topological polar surface area (TPSA) is 118 Å². The van der Waals surface area contributed by atoms with E-state index in [1.54, 1.807) is 0 Å². The van der Waals surface area contributed by atoms with Crippen molar-refractivity contribution < 1.29 is 24.2 Å². The molecule has 0 bridgehead atoms. The summed E-state index contributed by atoms with van der Waals surface area (Å²) in [6, 6.07) is 18.1. The number of ether oxygens (including phenoxy) is 1. The van der Waals surface area contributed by atoms with E-state index in [1.165, 1.54) is 18.3 Å². The van der Waals surface area contributed by atoms with E-state index in [2.05, 4.69) is 27.8 Å². The number of nitrogens with zero attached hydrogens (tertiary/aromatic N) is 1. The molecule has 8 nitrogen and oxygen atoms in total. The van der Waals surface area contributed by atoms with Crippen molar-refractivity contribution in [2.45, 2.75) is 31.7 Å². The number of carboxylic acids is 1. The van der Waals surface area contributed by atoms with Crippen LogP contribution in [-0.2, 0) is 9.53 Å². The SMILES string of the molecule is CCC[C@H](NC(=O)c1ccc(NC(=O)OCC2c3ccccc3-c3ccccc32)cn1)C(=O)O. The number of carbonyl (C=O) groups excluding carboxylic acids is 2. The maximum absolute atomic E-state index is 12.4. The van der Waals surface area contributed by atoms with Crippen LogP contribution in [0.1, 0.15) is 47.3 Å². The molecule has 0 saturated heterocycles. The monoisotopic (exact) mass is 459 g/mol. The minimum atomic E-state index is -1.09. The number of rotatable bonds is 8. The minimum absolute atomic E-state index is 0.0485. The first-order valence-corrected chi connectivity index (χ1v) is 11.1. The van der Waals surface area contributed by atoms with Gasteiger partial charge in [0.05, 0.1) is 11.9 Å². The second-order valence-corrected chi connectivity index (χ2v) is 8.04. The first-order valence-electron chi connectivity index (χ1n) is 11.1. The standard InChI is InChI=1S/C26H25N3O5/c1-2-7-23(25(31)32)29-24(30)22-13-12-16(14-27-22)28-26(33)34-15-21-19-10-5-3-8-17(19)18-9-4-6-11-20(18)21/h3-6,8-14,21,23H,2,7,15H2,1H3,(H,28,33)(H,29,30)(H,31,32)/t23-/m0/s1. The van der Waals surface area contributed by atoms with E-state index in [4.69, 9.17) is 4.74 Å². The van der Waals surface area contributed by atoms with Gasteiger partial charge in [0.15, 0.2) is 0 Å². The van der Waals surface area contributed by atoms with Crippen molar-refractivity contribution in [3.05, 3.63) is 83.7 Å². The Morgan fingerprint density at radius 3 is 2.21 bits per heavy atom. The molecule has 0 fully saturated rings. The lowest BCUT2D eigenvalue weighted by Crippen LogP contribution is -2.40. The highest BCUT2D eigenvalue weighted by molar-refractivity contribution is 5.95.